The summed E-state index contributed by atoms with van der Waals surface area (Å²) in [4.78, 5) is 79.6. The summed E-state index contributed by atoms with van der Waals surface area (Å²) in [6.45, 7) is 7.98. The lowest BCUT2D eigenvalue weighted by Gasteiger charge is -2.19. The predicted octanol–water partition coefficient (Wildman–Crippen LogP) is 19.0. The lowest BCUT2D eigenvalue weighted by atomic mass is 9.87. The number of rotatable bonds is 17. The van der Waals surface area contributed by atoms with E-state index in [0.717, 1.165) is 70.2 Å². The molecular formula is C99H73BrClF2NO30S6. The molecule has 0 spiro atoms. The van der Waals surface area contributed by atoms with E-state index >= 15 is 0 Å². The van der Waals surface area contributed by atoms with Gasteiger partial charge in [0.15, 0.2) is 29.4 Å². The second-order valence-electron chi connectivity index (χ2n) is 30.9. The highest BCUT2D eigenvalue weighted by Gasteiger charge is 2.31. The number of hydrogen-bond acceptors (Lipinski definition) is 30. The number of halogens is 4. The van der Waals surface area contributed by atoms with Crippen molar-refractivity contribution in [2.24, 2.45) is 0 Å². The van der Waals surface area contributed by atoms with E-state index in [-0.39, 0.29) is 78.5 Å². The Bertz CT molecular complexity index is 8870. The van der Waals surface area contributed by atoms with Gasteiger partial charge in [0.05, 0.1) is 62.7 Å². The molecule has 0 aliphatic heterocycles. The van der Waals surface area contributed by atoms with Crippen molar-refractivity contribution in [3.8, 4) is 23.0 Å². The number of sulfone groups is 6. The zero-order valence-electron chi connectivity index (χ0n) is 73.9. The fraction of sp³-hybridized carbons (Fsp3) is 0.0909. The number of nitro benzene ring substituents is 1. The van der Waals surface area contributed by atoms with Crippen LogP contribution in [0.2, 0.25) is 5.02 Å². The standard InChI is InChI=1S/C20H20O5S.C17H14O6S.C16H11BrO5S.C16H11ClO4S.C15H8F2O4S.C15H9NO6S/c1-20(2,3)14-5-8-16(9-6-14)26(22,23)18-12-13-11-15(24-4)7-10-17(13)25-19(18)21;1-21-12-3-6-14(7-4-12)24(19,20)16-10-11-9-13(22-2)5-8-15(11)23-17(16)18;1-21-12-4-7-14-10(8-12)9-15(16(18)22-14)23(19,20)13-5-2-11(17)3-6-13;1-10-2-5-13(6-3-10)22(19,20)15-9-11-8-12(17)4-7-14(11)21-16(15)18;16-10-1-4-12(5-2-10)22(19,20)14-8-9-7-11(17)3-6-13(9)21-15(14)18;17-15-14(23(20,21)12-4-2-1-3-5-12)9-10-8-11(16(18)19)6-7-13(10)22-15/h5-12H,1-4H3;3-10H,1-2H3;2-9H,1H3;2-9H,1H3;1-8H;1-9H. The molecule has 0 amide bonds. The van der Waals surface area contributed by atoms with Gasteiger partial charge in [-0.2, -0.15) is 0 Å². The summed E-state index contributed by atoms with van der Waals surface area (Å²) in [7, 11) is -18.2. The molecular weight excluding hydrogens is 2030 g/mol. The molecule has 0 atom stereocenters. The molecule has 0 aliphatic rings. The Balaban J connectivity index is 0.000000142. The number of ether oxygens (including phenoxy) is 4. The SMILES string of the molecule is COc1ccc(S(=O)(=O)c2cc3cc(OC)ccc3oc2=O)cc1.COc1ccc2oc(=O)c(S(=O)(=O)c3ccc(Br)cc3)cc2c1.COc1ccc2oc(=O)c(S(=O)(=O)c3ccc(C(C)(C)C)cc3)cc2c1.Cc1ccc(S(=O)(=O)c2cc3cc(Cl)ccc3oc2=O)cc1.O=c1oc2ccc(F)cc2cc1S(=O)(=O)c1ccc(F)cc1.O=c1oc2ccc([N+](=O)[O-])cc2cc1S(=O)(=O)c1ccccc1. The Morgan fingerprint density at radius 2 is 0.564 bits per heavy atom. The fourth-order valence-corrected chi connectivity index (χ4v) is 21.5. The van der Waals surface area contributed by atoms with Crippen LogP contribution in [0, 0.1) is 28.7 Å². The maximum Gasteiger partial charge on any atom is 0.355 e. The molecule has 140 heavy (non-hydrogen) atoms. The largest absolute Gasteiger partial charge is 0.497 e. The van der Waals surface area contributed by atoms with Crippen LogP contribution < -0.4 is 52.7 Å². The Morgan fingerprint density at radius 1 is 0.307 bits per heavy atom. The average molecular weight is 2100 g/mol. The zero-order valence-corrected chi connectivity index (χ0v) is 81.2. The van der Waals surface area contributed by atoms with Gasteiger partial charge in [-0.05, 0) is 261 Å². The summed E-state index contributed by atoms with van der Waals surface area (Å²) in [5.74, 6) is 0.939. The van der Waals surface area contributed by atoms with Gasteiger partial charge in [-0.1, -0.05) is 96.3 Å². The molecule has 18 rings (SSSR count). The lowest BCUT2D eigenvalue weighted by molar-refractivity contribution is -0.384. The monoisotopic (exact) mass is 2100 g/mol. The topological polar surface area (TPSA) is 466 Å². The Kier molecular flexibility index (Phi) is 30.4. The Labute approximate surface area is 807 Å². The van der Waals surface area contributed by atoms with Crippen LogP contribution in [0.15, 0.2) is 416 Å². The van der Waals surface area contributed by atoms with Gasteiger partial charge in [0.25, 0.3) is 5.69 Å². The van der Waals surface area contributed by atoms with Crippen LogP contribution in [0.1, 0.15) is 31.9 Å². The number of benzene rings is 12. The summed E-state index contributed by atoms with van der Waals surface area (Å²) < 4.78 is 229. The first-order valence-corrected chi connectivity index (χ1v) is 50.6. The smallest absolute Gasteiger partial charge is 0.355 e. The van der Waals surface area contributed by atoms with Crippen molar-refractivity contribution in [3.63, 3.8) is 0 Å². The Morgan fingerprint density at radius 3 is 0.893 bits per heavy atom. The van der Waals surface area contributed by atoms with Gasteiger partial charge in [0.1, 0.15) is 68.1 Å². The minimum absolute atomic E-state index is 0.0159. The van der Waals surface area contributed by atoms with Gasteiger partial charge in [0.2, 0.25) is 59.0 Å². The van der Waals surface area contributed by atoms with E-state index in [4.69, 9.17) is 57.1 Å². The quantitative estimate of drug-likeness (QED) is 0.0353. The zero-order chi connectivity index (χ0) is 101. The third kappa shape index (κ3) is 22.8. The second-order valence-corrected chi connectivity index (χ2v) is 43.8. The van der Waals surface area contributed by atoms with Crippen molar-refractivity contribution >= 4 is 158 Å². The number of methoxy groups -OCH3 is 4. The van der Waals surface area contributed by atoms with Crippen LogP contribution in [-0.2, 0) is 64.4 Å². The van der Waals surface area contributed by atoms with E-state index in [1.165, 1.54) is 162 Å². The third-order valence-electron chi connectivity index (χ3n) is 20.7. The van der Waals surface area contributed by atoms with Crippen LogP contribution in [0.5, 0.6) is 23.0 Å². The predicted molar refractivity (Wildman–Crippen MR) is 515 cm³/mol. The first-order valence-electron chi connectivity index (χ1n) is 40.6. The van der Waals surface area contributed by atoms with E-state index in [9.17, 15) is 98.2 Å². The highest BCUT2D eigenvalue weighted by atomic mass is 79.9. The third-order valence-corrected chi connectivity index (χ3v) is 32.0. The molecule has 0 saturated carbocycles. The van der Waals surface area contributed by atoms with Crippen molar-refractivity contribution in [2.45, 2.75) is 91.9 Å². The molecule has 0 bridgehead atoms. The highest BCUT2D eigenvalue weighted by molar-refractivity contribution is 9.10. The van der Waals surface area contributed by atoms with E-state index in [1.54, 1.807) is 109 Å². The molecule has 0 N–H and O–H groups in total. The van der Waals surface area contributed by atoms with Gasteiger partial charge in [0, 0.05) is 53.9 Å². The van der Waals surface area contributed by atoms with Crippen molar-refractivity contribution in [1.82, 2.24) is 0 Å². The minimum Gasteiger partial charge on any atom is -0.497 e. The maximum absolute atomic E-state index is 13.2. The van der Waals surface area contributed by atoms with Gasteiger partial charge in [-0.25, -0.2) is 88.1 Å². The van der Waals surface area contributed by atoms with Crippen molar-refractivity contribution in [3.05, 3.63) is 402 Å². The van der Waals surface area contributed by atoms with E-state index in [1.807, 2.05) is 27.7 Å². The van der Waals surface area contributed by atoms with Crippen LogP contribution in [0.4, 0.5) is 14.5 Å². The molecule has 18 aromatic rings. The summed E-state index contributed by atoms with van der Waals surface area (Å²) in [5.41, 5.74) is -2.74. The van der Waals surface area contributed by atoms with Gasteiger partial charge in [-0.3, -0.25) is 10.1 Å². The highest BCUT2D eigenvalue weighted by Crippen LogP contribution is 2.35. The maximum atomic E-state index is 13.2. The van der Waals surface area contributed by atoms with Crippen molar-refractivity contribution < 1.29 is 110 Å². The van der Waals surface area contributed by atoms with E-state index < -0.39 is 134 Å². The first-order chi connectivity index (χ1) is 66.1. The van der Waals surface area contributed by atoms with Gasteiger partial charge >= 0.3 is 33.8 Å². The molecule has 0 aliphatic carbocycles. The summed E-state index contributed by atoms with van der Waals surface area (Å²) in [6.07, 6.45) is 0. The number of fused-ring (bicyclic) bond motifs is 6. The summed E-state index contributed by atoms with van der Waals surface area (Å²) in [6, 6.07) is 69.5. The summed E-state index contributed by atoms with van der Waals surface area (Å²) >= 11 is 9.13. The van der Waals surface area contributed by atoms with Crippen LogP contribution in [-0.4, -0.2) is 83.9 Å². The average Bonchev–Trinajstić information content (AvgIpc) is 0.756. The van der Waals surface area contributed by atoms with Crippen LogP contribution in [0.3, 0.4) is 0 Å². The van der Waals surface area contributed by atoms with Crippen LogP contribution >= 0.6 is 27.5 Å². The number of nitrogens with zero attached hydrogens (tertiary/aromatic N) is 1. The number of aryl methyl sites for hydroxylation is 1. The molecule has 0 saturated heterocycles. The van der Waals surface area contributed by atoms with Crippen molar-refractivity contribution in [2.75, 3.05) is 28.4 Å². The first kappa shape index (κ1) is 102. The van der Waals surface area contributed by atoms with Crippen LogP contribution in [0.25, 0.3) is 65.8 Å². The summed E-state index contributed by atoms with van der Waals surface area (Å²) in [5, 5.41) is 13.4. The van der Waals surface area contributed by atoms with Gasteiger partial charge < -0.3 is 45.5 Å². The normalized spacial score (nSPS) is 11.7. The molecule has 6 heterocycles. The number of hydrogen-bond donors (Lipinski definition) is 0. The minimum atomic E-state index is -4.19. The number of nitro groups is 1. The van der Waals surface area contributed by atoms with E-state index in [0.29, 0.717) is 60.7 Å². The molecule has 12 aromatic carbocycles. The van der Waals surface area contributed by atoms with E-state index in [2.05, 4.69) is 15.9 Å². The molecule has 0 unspecified atom stereocenters. The second kappa shape index (κ2) is 41.6. The molecule has 0 radical (unpaired) electrons. The molecule has 6 aromatic heterocycles. The molecule has 41 heteroatoms. The van der Waals surface area contributed by atoms with Crippen molar-refractivity contribution in [1.29, 1.82) is 0 Å². The number of non-ortho nitro benzene ring substituents is 1. The molecule has 718 valence electrons. The lowest BCUT2D eigenvalue weighted by Crippen LogP contribution is -2.15. The molecule has 31 nitrogen and oxygen atoms in total. The molecule has 0 fully saturated rings. The fourth-order valence-electron chi connectivity index (χ4n) is 13.3. The van der Waals surface area contributed by atoms with Gasteiger partial charge in [-0.15, -0.1) is 0 Å². The Hall–Kier alpha value is -15.2.